The highest BCUT2D eigenvalue weighted by Crippen LogP contribution is 2.14. The summed E-state index contributed by atoms with van der Waals surface area (Å²) in [6.45, 7) is 5.32. The van der Waals surface area contributed by atoms with Crippen LogP contribution in [0.5, 0.6) is 0 Å². The van der Waals surface area contributed by atoms with E-state index >= 15 is 0 Å². The van der Waals surface area contributed by atoms with Crippen molar-refractivity contribution in [2.45, 2.75) is 39.5 Å². The number of furan rings is 1. The maximum absolute atomic E-state index is 12.5. The number of hydrogen-bond acceptors (Lipinski definition) is 4. The second-order valence-electron chi connectivity index (χ2n) is 7.60. The van der Waals surface area contributed by atoms with E-state index in [2.05, 4.69) is 12.2 Å². The molecule has 0 bridgehead atoms. The van der Waals surface area contributed by atoms with Crippen LogP contribution in [0, 0.1) is 6.92 Å². The molecule has 2 heterocycles. The molecule has 3 amide bonds. The summed E-state index contributed by atoms with van der Waals surface area (Å²) in [5, 5.41) is 2.67. The van der Waals surface area contributed by atoms with Crippen LogP contribution < -0.4 is 5.32 Å². The van der Waals surface area contributed by atoms with E-state index in [1.54, 1.807) is 24.0 Å². The summed E-state index contributed by atoms with van der Waals surface area (Å²) in [6.07, 6.45) is 4.55. The van der Waals surface area contributed by atoms with Gasteiger partial charge in [0.1, 0.15) is 5.76 Å². The van der Waals surface area contributed by atoms with Crippen molar-refractivity contribution in [1.82, 2.24) is 9.80 Å². The van der Waals surface area contributed by atoms with Crippen LogP contribution in [0.15, 0.2) is 40.8 Å². The lowest BCUT2D eigenvalue weighted by Crippen LogP contribution is -2.52. The molecule has 1 aromatic carbocycles. The third-order valence-electron chi connectivity index (χ3n) is 5.28. The standard InChI is InChI=1S/C23H29N3O4/c1-3-4-5-6-18-8-10-19(11-9-18)24-21(27)23(29)26-15-13-25(14-16-26)22(28)20-12-7-17(2)30-20/h7-12H,3-6,13-16H2,1-2H3,(H,24,27). The average Bonchev–Trinajstić information content (AvgIpc) is 3.20. The number of carbonyl (C=O) groups excluding carboxylic acids is 3. The molecule has 0 atom stereocenters. The molecule has 30 heavy (non-hydrogen) atoms. The van der Waals surface area contributed by atoms with Crippen molar-refractivity contribution < 1.29 is 18.8 Å². The number of hydrogen-bond donors (Lipinski definition) is 1. The molecule has 2 aromatic rings. The molecule has 1 aromatic heterocycles. The number of nitrogens with zero attached hydrogens (tertiary/aromatic N) is 2. The third-order valence-corrected chi connectivity index (χ3v) is 5.28. The summed E-state index contributed by atoms with van der Waals surface area (Å²) in [4.78, 5) is 40.4. The Morgan fingerprint density at radius 1 is 0.933 bits per heavy atom. The van der Waals surface area contributed by atoms with Gasteiger partial charge in [0, 0.05) is 31.9 Å². The molecule has 1 N–H and O–H groups in total. The SMILES string of the molecule is CCCCCc1ccc(NC(=O)C(=O)N2CCN(C(=O)c3ccc(C)o3)CC2)cc1. The third kappa shape index (κ3) is 5.49. The minimum Gasteiger partial charge on any atom is -0.456 e. The maximum atomic E-state index is 12.5. The molecule has 7 nitrogen and oxygen atoms in total. The Morgan fingerprint density at radius 2 is 1.60 bits per heavy atom. The number of amides is 3. The van der Waals surface area contributed by atoms with E-state index in [1.807, 2.05) is 24.3 Å². The summed E-state index contributed by atoms with van der Waals surface area (Å²) >= 11 is 0. The van der Waals surface area contributed by atoms with Gasteiger partial charge in [0.2, 0.25) is 0 Å². The Labute approximate surface area is 177 Å². The highest BCUT2D eigenvalue weighted by Gasteiger charge is 2.29. The maximum Gasteiger partial charge on any atom is 0.313 e. The Balaban J connectivity index is 1.47. The topological polar surface area (TPSA) is 82.9 Å². The molecule has 0 aliphatic carbocycles. The summed E-state index contributed by atoms with van der Waals surface area (Å²) < 4.78 is 5.38. The fraction of sp³-hybridized carbons (Fsp3) is 0.435. The van der Waals surface area contributed by atoms with Crippen molar-refractivity contribution in [2.24, 2.45) is 0 Å². The van der Waals surface area contributed by atoms with Gasteiger partial charge in [-0.25, -0.2) is 0 Å². The smallest absolute Gasteiger partial charge is 0.313 e. The molecular weight excluding hydrogens is 382 g/mol. The van der Waals surface area contributed by atoms with Crippen LogP contribution in [-0.2, 0) is 16.0 Å². The molecule has 1 fully saturated rings. The Hall–Kier alpha value is -3.09. The van der Waals surface area contributed by atoms with Crippen LogP contribution in [-0.4, -0.2) is 53.7 Å². The highest BCUT2D eigenvalue weighted by atomic mass is 16.3. The van der Waals surface area contributed by atoms with Gasteiger partial charge in [-0.1, -0.05) is 31.9 Å². The number of carbonyl (C=O) groups is 3. The molecule has 1 saturated heterocycles. The lowest BCUT2D eigenvalue weighted by Gasteiger charge is -2.33. The second-order valence-corrected chi connectivity index (χ2v) is 7.60. The molecule has 3 rings (SSSR count). The van der Waals surface area contributed by atoms with Gasteiger partial charge in [0.25, 0.3) is 5.91 Å². The summed E-state index contributed by atoms with van der Waals surface area (Å²) in [6, 6.07) is 11.0. The number of unbranched alkanes of at least 4 members (excludes halogenated alkanes) is 2. The van der Waals surface area contributed by atoms with Crippen LogP contribution in [0.2, 0.25) is 0 Å². The van der Waals surface area contributed by atoms with Gasteiger partial charge in [-0.3, -0.25) is 14.4 Å². The largest absolute Gasteiger partial charge is 0.456 e. The monoisotopic (exact) mass is 411 g/mol. The van der Waals surface area contributed by atoms with E-state index in [0.29, 0.717) is 43.4 Å². The molecular formula is C23H29N3O4. The van der Waals surface area contributed by atoms with E-state index < -0.39 is 11.8 Å². The number of anilines is 1. The Bertz CT molecular complexity index is 880. The molecule has 160 valence electrons. The van der Waals surface area contributed by atoms with E-state index in [-0.39, 0.29) is 5.91 Å². The first-order valence-corrected chi connectivity index (χ1v) is 10.5. The molecule has 0 unspecified atom stereocenters. The van der Waals surface area contributed by atoms with Crippen molar-refractivity contribution in [1.29, 1.82) is 0 Å². The van der Waals surface area contributed by atoms with Crippen molar-refractivity contribution in [3.63, 3.8) is 0 Å². The number of benzene rings is 1. The zero-order valence-electron chi connectivity index (χ0n) is 17.6. The summed E-state index contributed by atoms with van der Waals surface area (Å²) in [5.41, 5.74) is 1.83. The number of rotatable bonds is 6. The van der Waals surface area contributed by atoms with E-state index in [1.165, 1.54) is 23.3 Å². The minimum absolute atomic E-state index is 0.196. The van der Waals surface area contributed by atoms with Crippen molar-refractivity contribution in [2.75, 3.05) is 31.5 Å². The molecule has 1 aliphatic heterocycles. The van der Waals surface area contributed by atoms with Gasteiger partial charge in [-0.2, -0.15) is 0 Å². The highest BCUT2D eigenvalue weighted by molar-refractivity contribution is 6.39. The fourth-order valence-corrected chi connectivity index (χ4v) is 3.48. The van der Waals surface area contributed by atoms with E-state index in [0.717, 1.165) is 12.8 Å². The predicted molar refractivity (Wildman–Crippen MR) is 114 cm³/mol. The summed E-state index contributed by atoms with van der Waals surface area (Å²) in [5.74, 6) is -0.460. The number of aryl methyl sites for hydroxylation is 2. The van der Waals surface area contributed by atoms with E-state index in [4.69, 9.17) is 4.42 Å². The predicted octanol–water partition coefficient (Wildman–Crippen LogP) is 3.24. The molecule has 0 saturated carbocycles. The fourth-order valence-electron chi connectivity index (χ4n) is 3.48. The first-order valence-electron chi connectivity index (χ1n) is 10.5. The van der Waals surface area contributed by atoms with Crippen LogP contribution in [0.1, 0.15) is 48.1 Å². The van der Waals surface area contributed by atoms with E-state index in [9.17, 15) is 14.4 Å². The zero-order valence-corrected chi connectivity index (χ0v) is 17.6. The first kappa shape index (κ1) is 21.6. The molecule has 0 spiro atoms. The summed E-state index contributed by atoms with van der Waals surface area (Å²) in [7, 11) is 0. The second kappa shape index (κ2) is 10.1. The van der Waals surface area contributed by atoms with Crippen molar-refractivity contribution >= 4 is 23.4 Å². The minimum atomic E-state index is -0.657. The zero-order chi connectivity index (χ0) is 21.5. The average molecular weight is 412 g/mol. The van der Waals surface area contributed by atoms with Gasteiger partial charge in [-0.05, 0) is 49.6 Å². The normalized spacial score (nSPS) is 13.9. The Kier molecular flexibility index (Phi) is 7.27. The van der Waals surface area contributed by atoms with Gasteiger partial charge in [0.15, 0.2) is 5.76 Å². The quantitative estimate of drug-likeness (QED) is 0.584. The lowest BCUT2D eigenvalue weighted by molar-refractivity contribution is -0.144. The van der Waals surface area contributed by atoms with Crippen LogP contribution >= 0.6 is 0 Å². The first-order chi connectivity index (χ1) is 14.5. The van der Waals surface area contributed by atoms with Gasteiger partial charge in [-0.15, -0.1) is 0 Å². The van der Waals surface area contributed by atoms with Crippen LogP contribution in [0.3, 0.4) is 0 Å². The molecule has 1 aliphatic rings. The van der Waals surface area contributed by atoms with Gasteiger partial charge in [0.05, 0.1) is 0 Å². The van der Waals surface area contributed by atoms with Crippen LogP contribution in [0.4, 0.5) is 5.69 Å². The number of nitrogens with one attached hydrogen (secondary N) is 1. The van der Waals surface area contributed by atoms with Crippen molar-refractivity contribution in [3.05, 3.63) is 53.5 Å². The van der Waals surface area contributed by atoms with Crippen molar-refractivity contribution in [3.8, 4) is 0 Å². The molecule has 7 heteroatoms. The van der Waals surface area contributed by atoms with Gasteiger partial charge >= 0.3 is 11.8 Å². The van der Waals surface area contributed by atoms with Crippen LogP contribution in [0.25, 0.3) is 0 Å². The molecule has 0 radical (unpaired) electrons. The number of piperazine rings is 1. The lowest BCUT2D eigenvalue weighted by atomic mass is 10.1. The van der Waals surface area contributed by atoms with Gasteiger partial charge < -0.3 is 19.5 Å². The Morgan fingerprint density at radius 3 is 2.20 bits per heavy atom.